The second kappa shape index (κ2) is 5.23. The maximum atomic E-state index is 12.0. The zero-order valence-electron chi connectivity index (χ0n) is 10.2. The molecule has 0 aliphatic heterocycles. The van der Waals surface area contributed by atoms with Crippen molar-refractivity contribution in [2.45, 2.75) is 0 Å². The van der Waals surface area contributed by atoms with Crippen molar-refractivity contribution in [3.8, 4) is 17.1 Å². The van der Waals surface area contributed by atoms with Gasteiger partial charge in [-0.1, -0.05) is 24.3 Å². The van der Waals surface area contributed by atoms with E-state index in [1.54, 1.807) is 42.5 Å². The van der Waals surface area contributed by atoms with E-state index in [2.05, 4.69) is 9.97 Å². The molecule has 0 saturated heterocycles. The maximum Gasteiger partial charge on any atom is 0.395 e. The van der Waals surface area contributed by atoms with Crippen LogP contribution in [0, 0.1) is 0 Å². The van der Waals surface area contributed by atoms with E-state index in [1.165, 1.54) is 0 Å². The molecular weight excluding hydrogens is 275 g/mol. The lowest BCUT2D eigenvalue weighted by molar-refractivity contribution is 0.526. The quantitative estimate of drug-likeness (QED) is 0.750. The maximum absolute atomic E-state index is 12.0. The molecule has 1 heterocycles. The van der Waals surface area contributed by atoms with Crippen molar-refractivity contribution in [2.24, 2.45) is 0 Å². The first-order valence-electron chi connectivity index (χ1n) is 5.88. The average Bonchev–Trinajstić information content (AvgIpc) is 2.48. The Balaban J connectivity index is 2.25. The van der Waals surface area contributed by atoms with E-state index >= 15 is 0 Å². The molecular formula is C14H9N2O3P. The summed E-state index contributed by atoms with van der Waals surface area (Å²) in [4.78, 5) is 19.2. The Bertz CT molecular complexity index is 845. The van der Waals surface area contributed by atoms with Gasteiger partial charge in [-0.25, -0.2) is 9.55 Å². The molecule has 0 spiro atoms. The van der Waals surface area contributed by atoms with Gasteiger partial charge in [0.25, 0.3) is 5.56 Å². The minimum absolute atomic E-state index is 0.222. The fourth-order valence-electron chi connectivity index (χ4n) is 2.00. The van der Waals surface area contributed by atoms with Gasteiger partial charge < -0.3 is 9.51 Å². The fourth-order valence-corrected chi connectivity index (χ4v) is 2.24. The Hall–Kier alpha value is -2.52. The van der Waals surface area contributed by atoms with E-state index < -0.39 is 8.69 Å². The number of H-pyrrole nitrogens is 1. The van der Waals surface area contributed by atoms with E-state index in [9.17, 15) is 9.36 Å². The summed E-state index contributed by atoms with van der Waals surface area (Å²) >= 11 is 0. The van der Waals surface area contributed by atoms with Crippen LogP contribution >= 0.6 is 8.69 Å². The Morgan fingerprint density at radius 2 is 1.80 bits per heavy atom. The molecule has 0 atom stereocenters. The number of fused-ring (bicyclic) bond motifs is 1. The van der Waals surface area contributed by atoms with E-state index in [-0.39, 0.29) is 5.56 Å². The molecule has 0 fully saturated rings. The molecule has 1 N–H and O–H groups in total. The minimum atomic E-state index is -0.457. The molecule has 0 saturated carbocycles. The number of benzene rings is 2. The van der Waals surface area contributed by atoms with E-state index in [0.29, 0.717) is 28.0 Å². The smallest absolute Gasteiger partial charge is 0.395 e. The standard InChI is InChI=1S/C14H9N2O3P/c17-14-9-5-1-3-7-11(9)15-13(16-14)10-6-2-4-8-12(10)19-20-18/h1-8H,(H,15,16,17). The van der Waals surface area contributed by atoms with Crippen LogP contribution in [0.5, 0.6) is 5.75 Å². The van der Waals surface area contributed by atoms with Crippen LogP contribution in [0.4, 0.5) is 0 Å². The fraction of sp³-hybridized carbons (Fsp3) is 0. The number of rotatable bonds is 3. The summed E-state index contributed by atoms with van der Waals surface area (Å²) in [7, 11) is -0.457. The number of nitrogens with zero attached hydrogens (tertiary/aromatic N) is 1. The van der Waals surface area contributed by atoms with Crippen LogP contribution < -0.4 is 10.1 Å². The molecule has 98 valence electrons. The monoisotopic (exact) mass is 284 g/mol. The van der Waals surface area contributed by atoms with Crippen LogP contribution in [0.3, 0.4) is 0 Å². The van der Waals surface area contributed by atoms with Crippen LogP contribution in [0.25, 0.3) is 22.3 Å². The van der Waals surface area contributed by atoms with Crippen molar-refractivity contribution >= 4 is 19.6 Å². The third kappa shape index (κ3) is 2.19. The van der Waals surface area contributed by atoms with Gasteiger partial charge in [0.15, 0.2) is 0 Å². The van der Waals surface area contributed by atoms with Crippen molar-refractivity contribution in [3.05, 3.63) is 58.9 Å². The summed E-state index contributed by atoms with van der Waals surface area (Å²) in [6.07, 6.45) is 0. The Morgan fingerprint density at radius 3 is 2.65 bits per heavy atom. The summed E-state index contributed by atoms with van der Waals surface area (Å²) in [5, 5.41) is 0.525. The lowest BCUT2D eigenvalue weighted by Gasteiger charge is -2.06. The van der Waals surface area contributed by atoms with Crippen LogP contribution in [-0.4, -0.2) is 9.97 Å². The molecule has 0 radical (unpaired) electrons. The highest BCUT2D eigenvalue weighted by atomic mass is 31.1. The number of aromatic nitrogens is 2. The molecule has 0 amide bonds. The number of hydrogen-bond acceptors (Lipinski definition) is 4. The molecule has 20 heavy (non-hydrogen) atoms. The van der Waals surface area contributed by atoms with E-state index in [4.69, 9.17) is 4.52 Å². The highest BCUT2D eigenvalue weighted by molar-refractivity contribution is 7.17. The predicted octanol–water partition coefficient (Wildman–Crippen LogP) is 3.18. The Morgan fingerprint density at radius 1 is 1.05 bits per heavy atom. The van der Waals surface area contributed by atoms with Gasteiger partial charge >= 0.3 is 8.69 Å². The SMILES string of the molecule is O=POc1ccccc1-c1nc2ccccc2c(=O)[nH]1. The topological polar surface area (TPSA) is 72.0 Å². The van der Waals surface area contributed by atoms with Crippen LogP contribution in [0.2, 0.25) is 0 Å². The van der Waals surface area contributed by atoms with Crippen molar-refractivity contribution in [1.82, 2.24) is 9.97 Å². The molecule has 3 rings (SSSR count). The molecule has 1 aromatic heterocycles. The zero-order valence-corrected chi connectivity index (χ0v) is 11.1. The first-order valence-corrected chi connectivity index (χ1v) is 6.61. The lowest BCUT2D eigenvalue weighted by Crippen LogP contribution is -2.09. The van der Waals surface area contributed by atoms with E-state index in [0.717, 1.165) is 0 Å². The van der Waals surface area contributed by atoms with Gasteiger partial charge in [0.05, 0.1) is 16.5 Å². The molecule has 3 aromatic rings. The van der Waals surface area contributed by atoms with Gasteiger partial charge in [0.1, 0.15) is 11.6 Å². The first-order chi connectivity index (χ1) is 9.79. The van der Waals surface area contributed by atoms with E-state index in [1.807, 2.05) is 6.07 Å². The molecule has 6 heteroatoms. The summed E-state index contributed by atoms with van der Waals surface area (Å²) in [5.41, 5.74) is 0.958. The van der Waals surface area contributed by atoms with Crippen molar-refractivity contribution in [2.75, 3.05) is 0 Å². The second-order valence-corrected chi connectivity index (χ2v) is 4.43. The number of nitrogens with one attached hydrogen (secondary N) is 1. The van der Waals surface area contributed by atoms with Gasteiger partial charge in [-0.2, -0.15) is 0 Å². The second-order valence-electron chi connectivity index (χ2n) is 4.09. The number of para-hydroxylation sites is 2. The number of aromatic amines is 1. The highest BCUT2D eigenvalue weighted by Crippen LogP contribution is 2.29. The van der Waals surface area contributed by atoms with Crippen molar-refractivity contribution < 1.29 is 9.09 Å². The lowest BCUT2D eigenvalue weighted by atomic mass is 10.1. The zero-order chi connectivity index (χ0) is 13.9. The molecule has 0 aliphatic rings. The number of hydrogen-bond donors (Lipinski definition) is 1. The van der Waals surface area contributed by atoms with Gasteiger partial charge in [0, 0.05) is 0 Å². The minimum Gasteiger partial charge on any atom is -0.407 e. The van der Waals surface area contributed by atoms with Gasteiger partial charge in [0.2, 0.25) is 0 Å². The summed E-state index contributed by atoms with van der Waals surface area (Å²) in [6.45, 7) is 0. The normalized spacial score (nSPS) is 10.8. The summed E-state index contributed by atoms with van der Waals surface area (Å²) in [6, 6.07) is 14.0. The molecule has 0 bridgehead atoms. The van der Waals surface area contributed by atoms with Crippen LogP contribution in [0.15, 0.2) is 53.3 Å². The van der Waals surface area contributed by atoms with Crippen LogP contribution in [0.1, 0.15) is 0 Å². The summed E-state index contributed by atoms with van der Waals surface area (Å²) in [5.74, 6) is 0.774. The third-order valence-electron chi connectivity index (χ3n) is 2.89. The van der Waals surface area contributed by atoms with Gasteiger partial charge in [-0.3, -0.25) is 4.79 Å². The van der Waals surface area contributed by atoms with Crippen molar-refractivity contribution in [1.29, 1.82) is 0 Å². The molecule has 2 aromatic carbocycles. The van der Waals surface area contributed by atoms with Gasteiger partial charge in [-0.05, 0) is 24.3 Å². The largest absolute Gasteiger partial charge is 0.407 e. The van der Waals surface area contributed by atoms with Crippen LogP contribution in [-0.2, 0) is 4.57 Å². The molecule has 0 aliphatic carbocycles. The third-order valence-corrected chi connectivity index (χ3v) is 3.16. The van der Waals surface area contributed by atoms with Gasteiger partial charge in [-0.15, -0.1) is 0 Å². The predicted molar refractivity (Wildman–Crippen MR) is 76.0 cm³/mol. The first kappa shape index (κ1) is 12.5. The Labute approximate surface area is 115 Å². The average molecular weight is 284 g/mol. The molecule has 5 nitrogen and oxygen atoms in total. The summed E-state index contributed by atoms with van der Waals surface area (Å²) < 4.78 is 15.6. The van der Waals surface area contributed by atoms with Crippen molar-refractivity contribution in [3.63, 3.8) is 0 Å². The molecule has 0 unspecified atom stereocenters. The Kier molecular flexibility index (Phi) is 3.27. The highest BCUT2D eigenvalue weighted by Gasteiger charge is 2.10.